The molecule has 2 aliphatic rings. The summed E-state index contributed by atoms with van der Waals surface area (Å²) in [5, 5.41) is 11.6. The van der Waals surface area contributed by atoms with Crippen LogP contribution in [0.5, 0.6) is 11.5 Å². The van der Waals surface area contributed by atoms with Crippen molar-refractivity contribution in [1.82, 2.24) is 9.80 Å². The number of Topliss-reactive ketones (excluding diaryl/α,β-unsaturated/α-hetero) is 1. The molecule has 1 N–H and O–H groups in total. The number of fused-ring (bicyclic) bond motifs is 1. The first kappa shape index (κ1) is 28.4. The van der Waals surface area contributed by atoms with Crippen molar-refractivity contribution in [1.29, 1.82) is 0 Å². The highest BCUT2D eigenvalue weighted by molar-refractivity contribution is 6.46. The van der Waals surface area contributed by atoms with E-state index in [1.165, 1.54) is 0 Å². The molecular weight excluding hydrogens is 516 g/mol. The first-order chi connectivity index (χ1) is 19.9. The van der Waals surface area contributed by atoms with Gasteiger partial charge >= 0.3 is 0 Å². The lowest BCUT2D eigenvalue weighted by Crippen LogP contribution is -2.33. The van der Waals surface area contributed by atoms with Crippen LogP contribution in [0.2, 0.25) is 0 Å². The number of aliphatic hydroxyl groups is 1. The van der Waals surface area contributed by atoms with Crippen LogP contribution in [0.25, 0.3) is 5.76 Å². The van der Waals surface area contributed by atoms with Gasteiger partial charge in [-0.25, -0.2) is 0 Å². The second-order valence-electron chi connectivity index (χ2n) is 10.7. The van der Waals surface area contributed by atoms with Gasteiger partial charge < -0.3 is 24.4 Å². The number of carbonyl (C=O) groups is 2. The Labute approximate surface area is 242 Å². The third kappa shape index (κ3) is 6.15. The van der Waals surface area contributed by atoms with Crippen molar-refractivity contribution in [2.24, 2.45) is 0 Å². The van der Waals surface area contributed by atoms with E-state index in [1.54, 1.807) is 11.0 Å². The van der Waals surface area contributed by atoms with Gasteiger partial charge in [-0.3, -0.25) is 9.59 Å². The topological polar surface area (TPSA) is 79.3 Å². The second-order valence-corrected chi connectivity index (χ2v) is 10.7. The highest BCUT2D eigenvalue weighted by Crippen LogP contribution is 2.41. The van der Waals surface area contributed by atoms with E-state index in [4.69, 9.17) is 9.47 Å². The minimum Gasteiger partial charge on any atom is -0.507 e. The number of aliphatic hydroxyl groups excluding tert-OH is 1. The zero-order valence-corrected chi connectivity index (χ0v) is 24.0. The molecule has 0 bridgehead atoms. The molecule has 3 aromatic rings. The third-order valence-electron chi connectivity index (χ3n) is 7.90. The highest BCUT2D eigenvalue weighted by atomic mass is 16.5. The molecule has 214 valence electrons. The lowest BCUT2D eigenvalue weighted by atomic mass is 9.94. The van der Waals surface area contributed by atoms with Crippen LogP contribution in [0, 0.1) is 0 Å². The number of rotatable bonds is 11. The fourth-order valence-corrected chi connectivity index (χ4v) is 5.70. The first-order valence-electron chi connectivity index (χ1n) is 14.5. The molecule has 0 aromatic heterocycles. The summed E-state index contributed by atoms with van der Waals surface area (Å²) in [4.78, 5) is 30.9. The highest BCUT2D eigenvalue weighted by Gasteiger charge is 2.46. The van der Waals surface area contributed by atoms with Crippen LogP contribution in [0.1, 0.15) is 55.5 Å². The van der Waals surface area contributed by atoms with Crippen LogP contribution in [0.4, 0.5) is 0 Å². The fraction of sp³-hybridized carbons (Fsp3) is 0.353. The minimum atomic E-state index is -0.726. The van der Waals surface area contributed by atoms with E-state index in [1.807, 2.05) is 73.7 Å². The second kappa shape index (κ2) is 12.6. The lowest BCUT2D eigenvalue weighted by molar-refractivity contribution is -0.140. The van der Waals surface area contributed by atoms with E-state index >= 15 is 0 Å². The first-order valence-corrected chi connectivity index (χ1v) is 14.5. The van der Waals surface area contributed by atoms with Crippen molar-refractivity contribution in [3.8, 4) is 11.5 Å². The van der Waals surface area contributed by atoms with Crippen molar-refractivity contribution in [2.75, 3.05) is 26.2 Å². The molecule has 2 aliphatic heterocycles. The summed E-state index contributed by atoms with van der Waals surface area (Å²) >= 11 is 0. The average molecular weight is 555 g/mol. The van der Waals surface area contributed by atoms with E-state index in [-0.39, 0.29) is 17.4 Å². The van der Waals surface area contributed by atoms with Gasteiger partial charge in [0.15, 0.2) is 0 Å². The summed E-state index contributed by atoms with van der Waals surface area (Å²) in [6.45, 7) is 9.65. The number of benzene rings is 3. The maximum Gasteiger partial charge on any atom is 0.295 e. The molecule has 0 aliphatic carbocycles. The SMILES string of the molecule is CCN(CC)CCCN1C(=O)C(=O)/C(=C(/O)c2ccc3c(c2)C[C@@H](C)O3)[C@H]1c1cccc(OCc2ccccc2)c1. The minimum absolute atomic E-state index is 0.0532. The standard InChI is InChI=1S/C34H38N2O5/c1-4-35(5-2)17-10-18-36-31(25-13-9-14-28(21-25)40-22-24-11-7-6-8-12-24)30(33(38)34(36)39)32(37)26-15-16-29-27(20-26)19-23(3)41-29/h6-9,11-16,20-21,23,31,37H,4-5,10,17-19,22H2,1-3H3/b32-30+/t23-,31-/m1/s1. The number of ether oxygens (including phenoxy) is 2. The Bertz CT molecular complexity index is 1430. The molecule has 5 rings (SSSR count). The Kier molecular flexibility index (Phi) is 8.74. The van der Waals surface area contributed by atoms with E-state index in [9.17, 15) is 14.7 Å². The van der Waals surface area contributed by atoms with E-state index in [0.29, 0.717) is 30.9 Å². The molecule has 3 aromatic carbocycles. The summed E-state index contributed by atoms with van der Waals surface area (Å²) in [7, 11) is 0. The molecule has 2 heterocycles. The molecule has 2 atom stereocenters. The van der Waals surface area contributed by atoms with Gasteiger partial charge in [-0.1, -0.05) is 56.3 Å². The Morgan fingerprint density at radius 3 is 2.56 bits per heavy atom. The van der Waals surface area contributed by atoms with Crippen molar-refractivity contribution in [2.45, 2.75) is 52.4 Å². The summed E-state index contributed by atoms with van der Waals surface area (Å²) in [6, 6.07) is 22.1. The third-order valence-corrected chi connectivity index (χ3v) is 7.90. The normalized spacial score (nSPS) is 19.5. The number of hydrogen-bond donors (Lipinski definition) is 1. The summed E-state index contributed by atoms with van der Waals surface area (Å²) in [6.07, 6.45) is 1.49. The predicted octanol–water partition coefficient (Wildman–Crippen LogP) is 5.74. The zero-order valence-electron chi connectivity index (χ0n) is 24.0. The summed E-state index contributed by atoms with van der Waals surface area (Å²) < 4.78 is 11.9. The van der Waals surface area contributed by atoms with Crippen LogP contribution in [-0.2, 0) is 22.6 Å². The van der Waals surface area contributed by atoms with Gasteiger partial charge in [0.1, 0.15) is 30.0 Å². The van der Waals surface area contributed by atoms with Gasteiger partial charge in [0.25, 0.3) is 11.7 Å². The maximum absolute atomic E-state index is 13.5. The van der Waals surface area contributed by atoms with Gasteiger partial charge in [0, 0.05) is 18.5 Å². The van der Waals surface area contributed by atoms with Gasteiger partial charge in [-0.05, 0) is 80.0 Å². The van der Waals surface area contributed by atoms with Crippen molar-refractivity contribution >= 4 is 17.4 Å². The Balaban J connectivity index is 1.50. The largest absolute Gasteiger partial charge is 0.507 e. The van der Waals surface area contributed by atoms with Gasteiger partial charge in [-0.15, -0.1) is 0 Å². The molecule has 0 unspecified atom stereocenters. The molecule has 7 nitrogen and oxygen atoms in total. The molecule has 0 spiro atoms. The van der Waals surface area contributed by atoms with E-state index < -0.39 is 17.7 Å². The number of nitrogens with zero attached hydrogens (tertiary/aromatic N) is 2. The Morgan fingerprint density at radius 1 is 1.02 bits per heavy atom. The molecule has 1 saturated heterocycles. The lowest BCUT2D eigenvalue weighted by Gasteiger charge is -2.27. The van der Waals surface area contributed by atoms with Gasteiger partial charge in [-0.2, -0.15) is 0 Å². The molecule has 1 amide bonds. The van der Waals surface area contributed by atoms with Crippen LogP contribution in [0.15, 0.2) is 78.4 Å². The van der Waals surface area contributed by atoms with Crippen LogP contribution in [0.3, 0.4) is 0 Å². The number of amides is 1. The molecule has 41 heavy (non-hydrogen) atoms. The number of hydrogen-bond acceptors (Lipinski definition) is 6. The molecule has 0 saturated carbocycles. The Hall–Kier alpha value is -4.10. The maximum atomic E-state index is 13.5. The molecule has 0 radical (unpaired) electrons. The number of carbonyl (C=O) groups excluding carboxylic acids is 2. The number of ketones is 1. The van der Waals surface area contributed by atoms with Crippen molar-refractivity contribution < 1.29 is 24.2 Å². The molecule has 7 heteroatoms. The van der Waals surface area contributed by atoms with E-state index in [0.717, 1.165) is 48.5 Å². The average Bonchev–Trinajstić information content (AvgIpc) is 3.49. The van der Waals surface area contributed by atoms with Crippen LogP contribution < -0.4 is 9.47 Å². The quantitative estimate of drug-likeness (QED) is 0.185. The van der Waals surface area contributed by atoms with Gasteiger partial charge in [0.2, 0.25) is 0 Å². The Morgan fingerprint density at radius 2 is 1.80 bits per heavy atom. The summed E-state index contributed by atoms with van der Waals surface area (Å²) in [5.41, 5.74) is 3.34. The molecular formula is C34H38N2O5. The predicted molar refractivity (Wildman–Crippen MR) is 159 cm³/mol. The van der Waals surface area contributed by atoms with E-state index in [2.05, 4.69) is 18.7 Å². The van der Waals surface area contributed by atoms with Crippen molar-refractivity contribution in [3.63, 3.8) is 0 Å². The van der Waals surface area contributed by atoms with Crippen LogP contribution >= 0.6 is 0 Å². The monoisotopic (exact) mass is 554 g/mol. The van der Waals surface area contributed by atoms with Crippen molar-refractivity contribution in [3.05, 3.63) is 101 Å². The summed E-state index contributed by atoms with van der Waals surface area (Å²) in [5.74, 6) is -0.0205. The van der Waals surface area contributed by atoms with Gasteiger partial charge in [0.05, 0.1) is 11.6 Å². The smallest absolute Gasteiger partial charge is 0.295 e. The van der Waals surface area contributed by atoms with Crippen LogP contribution in [-0.4, -0.2) is 58.9 Å². The molecule has 1 fully saturated rings. The fourth-order valence-electron chi connectivity index (χ4n) is 5.70. The zero-order chi connectivity index (χ0) is 28.9. The number of likely N-dealkylation sites (tertiary alicyclic amines) is 1.